The van der Waals surface area contributed by atoms with Crippen molar-refractivity contribution in [2.24, 2.45) is 5.73 Å². The molecule has 0 radical (unpaired) electrons. The lowest BCUT2D eigenvalue weighted by molar-refractivity contribution is -0.132. The summed E-state index contributed by atoms with van der Waals surface area (Å²) in [6, 6.07) is 12.4. The van der Waals surface area contributed by atoms with Crippen LogP contribution in [0, 0.1) is 0 Å². The molecule has 144 valence electrons. The van der Waals surface area contributed by atoms with Crippen LogP contribution in [0.3, 0.4) is 0 Å². The molecule has 0 aliphatic carbocycles. The SMILES string of the molecule is CC(C)N(CC(N)=O)C(=O)/C(=C/c1ccco1)n1nnnc1-c1ccccc1. The Balaban J connectivity index is 2.11. The predicted octanol–water partition coefficient (Wildman–Crippen LogP) is 1.65. The Hall–Kier alpha value is -3.75. The van der Waals surface area contributed by atoms with Gasteiger partial charge >= 0.3 is 0 Å². The van der Waals surface area contributed by atoms with Gasteiger partial charge in [-0.15, -0.1) is 5.10 Å². The molecular weight excluding hydrogens is 360 g/mol. The highest BCUT2D eigenvalue weighted by atomic mass is 16.3. The largest absolute Gasteiger partial charge is 0.465 e. The van der Waals surface area contributed by atoms with Gasteiger partial charge in [0.1, 0.15) is 11.5 Å². The van der Waals surface area contributed by atoms with Crippen LogP contribution in [0.15, 0.2) is 53.1 Å². The van der Waals surface area contributed by atoms with Crippen LogP contribution in [0.4, 0.5) is 0 Å². The second-order valence-electron chi connectivity index (χ2n) is 6.32. The zero-order valence-electron chi connectivity index (χ0n) is 15.5. The third-order valence-electron chi connectivity index (χ3n) is 3.98. The van der Waals surface area contributed by atoms with Crippen LogP contribution in [0.1, 0.15) is 19.6 Å². The number of tetrazole rings is 1. The van der Waals surface area contributed by atoms with Crippen molar-refractivity contribution in [1.29, 1.82) is 0 Å². The molecule has 1 aromatic carbocycles. The van der Waals surface area contributed by atoms with Crippen LogP contribution in [-0.4, -0.2) is 49.5 Å². The number of nitrogens with two attached hydrogens (primary N) is 1. The number of rotatable bonds is 7. The average molecular weight is 380 g/mol. The van der Waals surface area contributed by atoms with Crippen molar-refractivity contribution < 1.29 is 14.0 Å². The maximum Gasteiger partial charge on any atom is 0.273 e. The number of hydrogen-bond acceptors (Lipinski definition) is 6. The molecule has 0 atom stereocenters. The second kappa shape index (κ2) is 8.30. The van der Waals surface area contributed by atoms with Crippen molar-refractivity contribution in [3.63, 3.8) is 0 Å². The van der Waals surface area contributed by atoms with E-state index in [1.165, 1.54) is 21.9 Å². The molecule has 0 aliphatic heterocycles. The van der Waals surface area contributed by atoms with Crippen molar-refractivity contribution in [3.05, 3.63) is 54.5 Å². The number of primary amides is 1. The van der Waals surface area contributed by atoms with Crippen molar-refractivity contribution in [2.75, 3.05) is 6.54 Å². The van der Waals surface area contributed by atoms with Crippen LogP contribution in [0.25, 0.3) is 23.2 Å². The van der Waals surface area contributed by atoms with E-state index in [1.807, 2.05) is 30.3 Å². The summed E-state index contributed by atoms with van der Waals surface area (Å²) in [5, 5.41) is 11.8. The zero-order chi connectivity index (χ0) is 20.1. The first-order valence-corrected chi connectivity index (χ1v) is 8.66. The van der Waals surface area contributed by atoms with Gasteiger partial charge in [0.25, 0.3) is 5.91 Å². The maximum absolute atomic E-state index is 13.3. The van der Waals surface area contributed by atoms with Crippen molar-refractivity contribution in [3.8, 4) is 11.4 Å². The van der Waals surface area contributed by atoms with E-state index in [-0.39, 0.29) is 18.3 Å². The minimum atomic E-state index is -0.612. The summed E-state index contributed by atoms with van der Waals surface area (Å²) >= 11 is 0. The summed E-state index contributed by atoms with van der Waals surface area (Å²) in [6.45, 7) is 3.36. The van der Waals surface area contributed by atoms with Crippen LogP contribution < -0.4 is 5.73 Å². The minimum Gasteiger partial charge on any atom is -0.465 e. The fraction of sp³-hybridized carbons (Fsp3) is 0.211. The Morgan fingerprint density at radius 3 is 2.57 bits per heavy atom. The van der Waals surface area contributed by atoms with Gasteiger partial charge in [-0.25, -0.2) is 0 Å². The number of hydrogen-bond donors (Lipinski definition) is 1. The number of aromatic nitrogens is 4. The highest BCUT2D eigenvalue weighted by Gasteiger charge is 2.27. The van der Waals surface area contributed by atoms with Crippen molar-refractivity contribution in [2.45, 2.75) is 19.9 Å². The van der Waals surface area contributed by atoms with Crippen molar-refractivity contribution in [1.82, 2.24) is 25.1 Å². The Morgan fingerprint density at radius 1 is 1.21 bits per heavy atom. The third-order valence-corrected chi connectivity index (χ3v) is 3.98. The van der Waals surface area contributed by atoms with E-state index in [0.717, 1.165) is 5.56 Å². The average Bonchev–Trinajstić information content (AvgIpc) is 3.35. The number of nitrogens with zero attached hydrogens (tertiary/aromatic N) is 5. The Kier molecular flexibility index (Phi) is 5.64. The van der Waals surface area contributed by atoms with Crippen LogP contribution in [-0.2, 0) is 9.59 Å². The first kappa shape index (κ1) is 19.0. The van der Waals surface area contributed by atoms with Crippen LogP contribution in [0.2, 0.25) is 0 Å². The Labute approximate surface area is 161 Å². The smallest absolute Gasteiger partial charge is 0.273 e. The molecule has 2 heterocycles. The topological polar surface area (TPSA) is 120 Å². The van der Waals surface area contributed by atoms with E-state index in [0.29, 0.717) is 11.6 Å². The molecule has 3 aromatic rings. The van der Waals surface area contributed by atoms with Gasteiger partial charge in [-0.05, 0) is 36.4 Å². The lowest BCUT2D eigenvalue weighted by atomic mass is 10.2. The quantitative estimate of drug-likeness (QED) is 0.622. The molecule has 0 bridgehead atoms. The lowest BCUT2D eigenvalue weighted by Gasteiger charge is -2.26. The predicted molar refractivity (Wildman–Crippen MR) is 102 cm³/mol. The van der Waals surface area contributed by atoms with E-state index in [9.17, 15) is 9.59 Å². The monoisotopic (exact) mass is 380 g/mol. The molecule has 0 saturated carbocycles. The number of benzene rings is 1. The van der Waals surface area contributed by atoms with E-state index in [2.05, 4.69) is 15.5 Å². The molecule has 0 saturated heterocycles. The van der Waals surface area contributed by atoms with Gasteiger partial charge in [-0.1, -0.05) is 30.3 Å². The van der Waals surface area contributed by atoms with E-state index in [4.69, 9.17) is 10.2 Å². The second-order valence-corrected chi connectivity index (χ2v) is 6.32. The van der Waals surface area contributed by atoms with Gasteiger partial charge in [0.15, 0.2) is 5.82 Å². The van der Waals surface area contributed by atoms with Gasteiger partial charge in [0.05, 0.1) is 12.8 Å². The van der Waals surface area contributed by atoms with Gasteiger partial charge < -0.3 is 15.1 Å². The third kappa shape index (κ3) is 4.14. The Morgan fingerprint density at radius 2 is 1.96 bits per heavy atom. The summed E-state index contributed by atoms with van der Waals surface area (Å²) in [4.78, 5) is 26.2. The van der Waals surface area contributed by atoms with Gasteiger partial charge in [0.2, 0.25) is 5.91 Å². The number of furan rings is 1. The summed E-state index contributed by atoms with van der Waals surface area (Å²) < 4.78 is 6.69. The molecule has 2 aromatic heterocycles. The van der Waals surface area contributed by atoms with Gasteiger partial charge in [-0.2, -0.15) is 4.68 Å². The summed E-state index contributed by atoms with van der Waals surface area (Å²) in [5.41, 5.74) is 6.19. The van der Waals surface area contributed by atoms with E-state index < -0.39 is 11.8 Å². The van der Waals surface area contributed by atoms with Gasteiger partial charge in [-0.3, -0.25) is 9.59 Å². The summed E-state index contributed by atoms with van der Waals surface area (Å²) in [6.07, 6.45) is 3.02. The summed E-state index contributed by atoms with van der Waals surface area (Å²) in [5.74, 6) is -0.232. The highest BCUT2D eigenvalue weighted by molar-refractivity contribution is 6.19. The fourth-order valence-corrected chi connectivity index (χ4v) is 2.64. The first-order chi connectivity index (χ1) is 13.5. The fourth-order valence-electron chi connectivity index (χ4n) is 2.64. The normalized spacial score (nSPS) is 11.6. The minimum absolute atomic E-state index is 0.133. The molecule has 3 rings (SSSR count). The molecule has 2 N–H and O–H groups in total. The molecule has 0 unspecified atom stereocenters. The summed E-state index contributed by atoms with van der Waals surface area (Å²) in [7, 11) is 0. The number of amides is 2. The zero-order valence-corrected chi connectivity index (χ0v) is 15.5. The molecule has 9 nitrogen and oxygen atoms in total. The molecule has 0 fully saturated rings. The van der Waals surface area contributed by atoms with Crippen LogP contribution in [0.5, 0.6) is 0 Å². The van der Waals surface area contributed by atoms with E-state index in [1.54, 1.807) is 26.0 Å². The lowest BCUT2D eigenvalue weighted by Crippen LogP contribution is -2.43. The molecular formula is C19H20N6O3. The molecule has 9 heteroatoms. The maximum atomic E-state index is 13.3. The van der Waals surface area contributed by atoms with E-state index >= 15 is 0 Å². The van der Waals surface area contributed by atoms with Crippen molar-refractivity contribution >= 4 is 23.6 Å². The van der Waals surface area contributed by atoms with Crippen LogP contribution >= 0.6 is 0 Å². The number of carbonyl (C=O) groups excluding carboxylic acids is 2. The first-order valence-electron chi connectivity index (χ1n) is 8.66. The van der Waals surface area contributed by atoms with Gasteiger partial charge in [0, 0.05) is 17.7 Å². The molecule has 0 aliphatic rings. The Bertz CT molecular complexity index is 976. The molecule has 28 heavy (non-hydrogen) atoms. The highest BCUT2D eigenvalue weighted by Crippen LogP contribution is 2.22. The molecule has 0 spiro atoms. The number of carbonyl (C=O) groups is 2. The molecule has 2 amide bonds. The standard InChI is InChI=1S/C19H20N6O3/c1-13(2)24(12-17(20)26)19(27)16(11-15-9-6-10-28-15)25-18(21-22-23-25)14-7-4-3-5-8-14/h3-11,13H,12H2,1-2H3,(H2,20,26)/b16-11-.